The average Bonchev–Trinajstić information content (AvgIpc) is 3.55. The van der Waals surface area contributed by atoms with Crippen LogP contribution in [0.1, 0.15) is 24.8 Å². The zero-order valence-electron chi connectivity index (χ0n) is 20.2. The number of ether oxygens (including phenoxy) is 3. The normalized spacial score (nSPS) is 27.9. The molecule has 5 atom stereocenters. The highest BCUT2D eigenvalue weighted by atomic mass is 35.5. The molecule has 0 saturated carbocycles. The molecule has 0 amide bonds. The largest absolute Gasteiger partial charge is 0.470 e. The minimum atomic E-state index is -3.20. The first kappa shape index (κ1) is 24.8. The monoisotopic (exact) mass is 545 g/mol. The summed E-state index contributed by atoms with van der Waals surface area (Å²) in [5, 5.41) is 10.5. The number of aliphatic hydroxyl groups excluding tert-OH is 1. The third-order valence-corrected chi connectivity index (χ3v) is 8.16. The van der Waals surface area contributed by atoms with Gasteiger partial charge in [-0.15, -0.1) is 0 Å². The predicted molar refractivity (Wildman–Crippen MR) is 140 cm³/mol. The number of aliphatic hydroxyl groups is 1. The molecule has 2 unspecified atom stereocenters. The van der Waals surface area contributed by atoms with E-state index < -0.39 is 16.1 Å². The average molecular weight is 546 g/mol. The van der Waals surface area contributed by atoms with Gasteiger partial charge in [-0.1, -0.05) is 41.9 Å². The molecule has 6 rings (SSSR count). The molecule has 0 bridgehead atoms. The van der Waals surface area contributed by atoms with Crippen molar-refractivity contribution in [3.63, 3.8) is 0 Å². The zero-order valence-corrected chi connectivity index (χ0v) is 21.8. The van der Waals surface area contributed by atoms with Crippen LogP contribution in [0, 0.1) is 0 Å². The van der Waals surface area contributed by atoms with E-state index in [0.29, 0.717) is 29.6 Å². The van der Waals surface area contributed by atoms with E-state index in [0.717, 1.165) is 35.0 Å². The van der Waals surface area contributed by atoms with Gasteiger partial charge in [-0.2, -0.15) is 0 Å². The van der Waals surface area contributed by atoms with Crippen molar-refractivity contribution in [2.75, 3.05) is 19.5 Å². The van der Waals surface area contributed by atoms with Crippen molar-refractivity contribution in [2.45, 2.75) is 49.7 Å². The minimum absolute atomic E-state index is 0.0529. The van der Waals surface area contributed by atoms with Gasteiger partial charge in [0.15, 0.2) is 12.0 Å². The predicted octanol–water partition coefficient (Wildman–Crippen LogP) is 3.27. The van der Waals surface area contributed by atoms with Crippen molar-refractivity contribution in [1.82, 2.24) is 14.7 Å². The lowest BCUT2D eigenvalue weighted by Crippen LogP contribution is -2.34. The lowest BCUT2D eigenvalue weighted by molar-refractivity contribution is 0.00794. The first-order valence-electron chi connectivity index (χ1n) is 12.3. The Balaban J connectivity index is 1.17. The summed E-state index contributed by atoms with van der Waals surface area (Å²) >= 11 is 6.61. The first-order chi connectivity index (χ1) is 17.7. The SMILES string of the molecule is CS(=O)(=O)NC1CC=C(c2ccc(-c3nc4cc(O[C@@H]5COC6[C@H](O)CO[C@@H]65)[nH]c4cc3Cl)cc2)CC1. The number of aromatic amines is 1. The van der Waals surface area contributed by atoms with Crippen molar-refractivity contribution in [2.24, 2.45) is 0 Å². The number of hydrogen-bond donors (Lipinski definition) is 3. The molecular formula is C26H28ClN3O6S. The maximum atomic E-state index is 11.5. The van der Waals surface area contributed by atoms with Crippen molar-refractivity contribution in [3.8, 4) is 17.1 Å². The minimum Gasteiger partial charge on any atom is -0.470 e. The Kier molecular flexibility index (Phi) is 6.50. The number of H-pyrrole nitrogens is 1. The fraction of sp³-hybridized carbons (Fsp3) is 0.423. The van der Waals surface area contributed by atoms with Gasteiger partial charge in [0, 0.05) is 17.7 Å². The van der Waals surface area contributed by atoms with Gasteiger partial charge >= 0.3 is 0 Å². The fourth-order valence-corrected chi connectivity index (χ4v) is 6.41. The molecule has 2 aromatic heterocycles. The Morgan fingerprint density at radius 2 is 1.89 bits per heavy atom. The second kappa shape index (κ2) is 9.68. The fourth-order valence-electron chi connectivity index (χ4n) is 5.33. The molecule has 2 fully saturated rings. The summed E-state index contributed by atoms with van der Waals surface area (Å²) in [5.41, 5.74) is 5.36. The van der Waals surface area contributed by atoms with Crippen LogP contribution in [0.5, 0.6) is 5.88 Å². The number of rotatable bonds is 6. The molecule has 2 saturated heterocycles. The number of benzene rings is 1. The van der Waals surface area contributed by atoms with E-state index in [1.54, 1.807) is 0 Å². The summed E-state index contributed by atoms with van der Waals surface area (Å²) in [7, 11) is -3.20. The highest BCUT2D eigenvalue weighted by Crippen LogP contribution is 2.35. The van der Waals surface area contributed by atoms with Crippen molar-refractivity contribution in [3.05, 3.63) is 53.1 Å². The lowest BCUT2D eigenvalue weighted by Gasteiger charge is -2.22. The molecule has 4 heterocycles. The molecule has 3 N–H and O–H groups in total. The number of hydrogen-bond acceptors (Lipinski definition) is 7. The second-order valence-electron chi connectivity index (χ2n) is 9.87. The van der Waals surface area contributed by atoms with Crippen LogP contribution in [-0.2, 0) is 19.5 Å². The highest BCUT2D eigenvalue weighted by molar-refractivity contribution is 7.88. The van der Waals surface area contributed by atoms with Crippen LogP contribution < -0.4 is 9.46 Å². The molecule has 3 aliphatic rings. The van der Waals surface area contributed by atoms with Gasteiger partial charge in [0.1, 0.15) is 18.3 Å². The van der Waals surface area contributed by atoms with Gasteiger partial charge in [-0.25, -0.2) is 18.1 Å². The Hall–Kier alpha value is -2.47. The van der Waals surface area contributed by atoms with Crippen LogP contribution in [0.4, 0.5) is 0 Å². The molecule has 196 valence electrons. The zero-order chi connectivity index (χ0) is 25.7. The standard InChI is InChI=1S/C26H28ClN3O6S/c1-37(32,33)30-17-8-6-15(7-9-17)14-2-4-16(5-3-14)24-18(27)10-19-20(29-24)11-23(28-19)36-22-13-35-25-21(31)12-34-26(22)25/h2-6,10-11,17,21-22,25-26,28,30-31H,7-9,12-13H2,1H3/t17?,21-,22-,25?,26-/m1/s1. The molecule has 2 aliphatic heterocycles. The summed E-state index contributed by atoms with van der Waals surface area (Å²) in [4.78, 5) is 7.99. The molecule has 11 heteroatoms. The molecule has 37 heavy (non-hydrogen) atoms. The van der Waals surface area contributed by atoms with Crippen molar-refractivity contribution < 1.29 is 27.7 Å². The number of fused-ring (bicyclic) bond motifs is 2. The van der Waals surface area contributed by atoms with Gasteiger partial charge in [0.05, 0.1) is 41.2 Å². The Morgan fingerprint density at radius 1 is 1.14 bits per heavy atom. The van der Waals surface area contributed by atoms with Crippen molar-refractivity contribution in [1.29, 1.82) is 0 Å². The molecule has 1 aliphatic carbocycles. The van der Waals surface area contributed by atoms with Crippen LogP contribution in [0.3, 0.4) is 0 Å². The molecule has 9 nitrogen and oxygen atoms in total. The first-order valence-corrected chi connectivity index (χ1v) is 14.5. The summed E-state index contributed by atoms with van der Waals surface area (Å²) in [6.45, 7) is 0.595. The summed E-state index contributed by atoms with van der Waals surface area (Å²) in [6.07, 6.45) is 3.95. The van der Waals surface area contributed by atoms with Crippen molar-refractivity contribution >= 4 is 38.2 Å². The van der Waals surface area contributed by atoms with E-state index in [9.17, 15) is 13.5 Å². The quantitative estimate of drug-likeness (QED) is 0.434. The van der Waals surface area contributed by atoms with E-state index in [-0.39, 0.29) is 31.0 Å². The lowest BCUT2D eigenvalue weighted by atomic mass is 9.90. The smallest absolute Gasteiger partial charge is 0.208 e. The van der Waals surface area contributed by atoms with Gasteiger partial charge in [0.25, 0.3) is 0 Å². The molecular weight excluding hydrogens is 518 g/mol. The number of aromatic nitrogens is 2. The van der Waals surface area contributed by atoms with E-state index in [1.165, 1.54) is 11.8 Å². The van der Waals surface area contributed by atoms with Gasteiger partial charge in [-0.05, 0) is 36.5 Å². The number of pyridine rings is 1. The number of halogens is 1. The Morgan fingerprint density at radius 3 is 2.62 bits per heavy atom. The maximum Gasteiger partial charge on any atom is 0.208 e. The number of sulfonamides is 1. The molecule has 0 radical (unpaired) electrons. The molecule has 0 spiro atoms. The molecule has 1 aromatic carbocycles. The summed E-state index contributed by atoms with van der Waals surface area (Å²) < 4.78 is 43.0. The summed E-state index contributed by atoms with van der Waals surface area (Å²) in [6, 6.07) is 11.7. The number of allylic oxidation sites excluding steroid dienone is 1. The Labute approximate surface area is 219 Å². The van der Waals surface area contributed by atoms with Crippen LogP contribution in [0.15, 0.2) is 42.5 Å². The number of nitrogens with one attached hydrogen (secondary N) is 2. The third kappa shape index (κ3) is 5.14. The van der Waals surface area contributed by atoms with Gasteiger partial charge in [-0.3, -0.25) is 0 Å². The Bertz CT molecular complexity index is 1450. The van der Waals surface area contributed by atoms with Crippen LogP contribution in [-0.4, -0.2) is 73.4 Å². The number of nitrogens with zero attached hydrogens (tertiary/aromatic N) is 1. The third-order valence-electron chi connectivity index (χ3n) is 7.11. The molecule has 3 aromatic rings. The highest BCUT2D eigenvalue weighted by Gasteiger charge is 2.48. The topological polar surface area (TPSA) is 123 Å². The van der Waals surface area contributed by atoms with E-state index in [1.807, 2.05) is 36.4 Å². The summed E-state index contributed by atoms with van der Waals surface area (Å²) in [5.74, 6) is 0.540. The van der Waals surface area contributed by atoms with Gasteiger partial charge < -0.3 is 24.3 Å². The maximum absolute atomic E-state index is 11.5. The van der Waals surface area contributed by atoms with E-state index in [2.05, 4.69) is 15.8 Å². The van der Waals surface area contributed by atoms with Crippen LogP contribution in [0.2, 0.25) is 5.02 Å². The van der Waals surface area contributed by atoms with E-state index in [4.69, 9.17) is 30.8 Å². The second-order valence-corrected chi connectivity index (χ2v) is 12.1. The van der Waals surface area contributed by atoms with Gasteiger partial charge in [0.2, 0.25) is 10.0 Å². The van der Waals surface area contributed by atoms with Crippen LogP contribution in [0.25, 0.3) is 27.9 Å². The van der Waals surface area contributed by atoms with E-state index >= 15 is 0 Å². The van der Waals surface area contributed by atoms with Crippen LogP contribution >= 0.6 is 11.6 Å².